The molecule has 0 spiro atoms. The fourth-order valence-corrected chi connectivity index (χ4v) is 7.01. The molecule has 4 aromatic rings. The van der Waals surface area contributed by atoms with Crippen molar-refractivity contribution in [3.8, 4) is 17.0 Å². The molecular weight excluding hydrogens is 602 g/mol. The topological polar surface area (TPSA) is 122 Å². The highest BCUT2D eigenvalue weighted by Gasteiger charge is 2.29. The highest BCUT2D eigenvalue weighted by molar-refractivity contribution is 7.90. The van der Waals surface area contributed by atoms with E-state index >= 15 is 0 Å². The second-order valence-electron chi connectivity index (χ2n) is 11.9. The number of nitrogens with one attached hydrogen (secondary N) is 2. The van der Waals surface area contributed by atoms with Crippen LogP contribution < -0.4 is 20.3 Å². The van der Waals surface area contributed by atoms with Gasteiger partial charge in [0.25, 0.3) is 0 Å². The van der Waals surface area contributed by atoms with Crippen LogP contribution in [0.1, 0.15) is 31.0 Å². The van der Waals surface area contributed by atoms with Crippen LogP contribution in [0.4, 0.5) is 23.0 Å². The number of hydrogen-bond acceptors (Lipinski definition) is 9. The van der Waals surface area contributed by atoms with Crippen LogP contribution in [0.15, 0.2) is 54.7 Å². The van der Waals surface area contributed by atoms with Crippen LogP contribution >= 0.6 is 0 Å². The van der Waals surface area contributed by atoms with Gasteiger partial charge in [0.05, 0.1) is 47.1 Å². The fraction of sp³-hybridized carbons (Fsp3) is 0.382. The largest absolute Gasteiger partial charge is 0.494 e. The summed E-state index contributed by atoms with van der Waals surface area (Å²) >= 11 is 0. The van der Waals surface area contributed by atoms with E-state index in [1.807, 2.05) is 81.4 Å². The molecular formula is C34H43N7O4S. The first-order valence-electron chi connectivity index (χ1n) is 15.5. The summed E-state index contributed by atoms with van der Waals surface area (Å²) in [5.41, 5.74) is 5.74. The Balaban J connectivity index is 1.60. The Morgan fingerprint density at radius 2 is 1.89 bits per heavy atom. The van der Waals surface area contributed by atoms with Crippen molar-refractivity contribution in [2.75, 3.05) is 62.6 Å². The van der Waals surface area contributed by atoms with Gasteiger partial charge in [0.15, 0.2) is 9.84 Å². The normalized spacial score (nSPS) is 14.1. The maximum atomic E-state index is 12.9. The molecule has 1 aliphatic heterocycles. The van der Waals surface area contributed by atoms with E-state index in [-0.39, 0.29) is 17.4 Å². The number of para-hydroxylation sites is 1. The zero-order valence-corrected chi connectivity index (χ0v) is 28.2. The molecule has 0 bridgehead atoms. The minimum absolute atomic E-state index is 0.0322. The maximum Gasteiger partial charge on any atom is 0.248 e. The van der Waals surface area contributed by atoms with E-state index < -0.39 is 9.84 Å². The molecule has 0 radical (unpaired) electrons. The molecule has 0 atom stereocenters. The highest BCUT2D eigenvalue weighted by atomic mass is 32.2. The second kappa shape index (κ2) is 13.9. The van der Waals surface area contributed by atoms with Gasteiger partial charge in [-0.3, -0.25) is 4.79 Å². The molecule has 11 nitrogen and oxygen atoms in total. The van der Waals surface area contributed by atoms with Crippen LogP contribution in [0.5, 0.6) is 5.75 Å². The van der Waals surface area contributed by atoms with Crippen LogP contribution in [0.3, 0.4) is 0 Å². The van der Waals surface area contributed by atoms with Crippen molar-refractivity contribution in [2.24, 2.45) is 7.05 Å². The van der Waals surface area contributed by atoms with Crippen molar-refractivity contribution in [3.63, 3.8) is 0 Å². The number of fused-ring (bicyclic) bond motifs is 2. The molecule has 5 rings (SSSR count). The van der Waals surface area contributed by atoms with Crippen LogP contribution in [0, 0.1) is 0 Å². The summed E-state index contributed by atoms with van der Waals surface area (Å²) in [6.45, 7) is 3.61. The van der Waals surface area contributed by atoms with Gasteiger partial charge >= 0.3 is 0 Å². The number of carbonyl (C=O) groups excluding carboxylic acids is 1. The minimum Gasteiger partial charge on any atom is -0.494 e. The third-order valence-electron chi connectivity index (χ3n) is 8.10. The number of allylic oxidation sites excluding steroid dienone is 1. The number of ether oxygens (including phenoxy) is 1. The Bertz CT molecular complexity index is 1880. The number of amides is 1. The molecule has 0 saturated carbocycles. The zero-order valence-electron chi connectivity index (χ0n) is 27.4. The summed E-state index contributed by atoms with van der Waals surface area (Å²) in [5, 5.41) is 7.37. The molecule has 2 N–H and O–H groups in total. The molecule has 0 unspecified atom stereocenters. The average Bonchev–Trinajstić information content (AvgIpc) is 3.35. The van der Waals surface area contributed by atoms with Gasteiger partial charge < -0.3 is 29.7 Å². The van der Waals surface area contributed by atoms with Crippen molar-refractivity contribution >= 4 is 49.7 Å². The predicted molar refractivity (Wildman–Crippen MR) is 186 cm³/mol. The molecule has 244 valence electrons. The first-order chi connectivity index (χ1) is 22.0. The van der Waals surface area contributed by atoms with E-state index in [1.54, 1.807) is 13.2 Å². The number of methoxy groups -OCH3 is 1. The third-order valence-corrected chi connectivity index (χ3v) is 9.65. The summed E-state index contributed by atoms with van der Waals surface area (Å²) in [5.74, 6) is 0.552. The molecule has 2 aromatic carbocycles. The summed E-state index contributed by atoms with van der Waals surface area (Å²) in [6, 6.07) is 11.7. The first-order valence-corrected chi connectivity index (χ1v) is 17.3. The number of aromatic nitrogens is 3. The Labute approximate surface area is 271 Å². The smallest absolute Gasteiger partial charge is 0.248 e. The average molecular weight is 646 g/mol. The predicted octanol–water partition coefficient (Wildman–Crippen LogP) is 5.15. The first kappa shape index (κ1) is 33.0. The van der Waals surface area contributed by atoms with Gasteiger partial charge in [-0.2, -0.15) is 0 Å². The van der Waals surface area contributed by atoms with Crippen LogP contribution in [0.25, 0.3) is 22.2 Å². The molecule has 1 aliphatic rings. The molecule has 12 heteroatoms. The van der Waals surface area contributed by atoms with E-state index in [2.05, 4.69) is 27.4 Å². The van der Waals surface area contributed by atoms with Gasteiger partial charge in [-0.25, -0.2) is 18.4 Å². The monoisotopic (exact) mass is 645 g/mol. The number of unbranched alkanes of at least 4 members (excludes halogenated alkanes) is 1. The molecule has 1 amide bonds. The molecule has 0 fully saturated rings. The van der Waals surface area contributed by atoms with Gasteiger partial charge in [-0.15, -0.1) is 0 Å². The van der Waals surface area contributed by atoms with Crippen molar-refractivity contribution in [2.45, 2.75) is 31.9 Å². The summed E-state index contributed by atoms with van der Waals surface area (Å²) in [6.07, 6.45) is 7.47. The maximum absolute atomic E-state index is 12.9. The number of likely N-dealkylation sites (N-methyl/N-ethyl adjacent to an activating group) is 2. The van der Waals surface area contributed by atoms with E-state index in [9.17, 15) is 13.2 Å². The SMILES string of the molecule is CCC/C=C\C(=O)Nc1cc(Nc2nc3c(c(-c4cn(C)c5ccccc45)n2)CS(=O)(=O)CC3)c(OC)cc1N(C)CCN(C)C. The minimum atomic E-state index is -3.29. The number of carbonyl (C=O) groups is 1. The lowest BCUT2D eigenvalue weighted by Crippen LogP contribution is -2.29. The summed E-state index contributed by atoms with van der Waals surface area (Å²) in [4.78, 5) is 26.8. The lowest BCUT2D eigenvalue weighted by molar-refractivity contribution is -0.111. The number of rotatable bonds is 12. The molecule has 0 aliphatic carbocycles. The van der Waals surface area contributed by atoms with E-state index in [0.717, 1.165) is 48.1 Å². The molecule has 46 heavy (non-hydrogen) atoms. The standard InChI is InChI=1S/C34H43N7O4S/c1-7-8-9-14-32(42)35-27-19-28(31(45-6)20-30(27)40(4)17-16-39(2)3)37-34-36-26-15-18-46(43,44)22-25(26)33(38-34)24-21-41(5)29-13-11-10-12-23(24)29/h9-14,19-21H,7-8,15-18,22H2,1-6H3,(H,35,42)(H,36,37,38)/b14-9-. The second-order valence-corrected chi connectivity index (χ2v) is 14.1. The Morgan fingerprint density at radius 3 is 2.63 bits per heavy atom. The van der Waals surface area contributed by atoms with Crippen molar-refractivity contribution in [3.05, 3.63) is 66.0 Å². The highest BCUT2D eigenvalue weighted by Crippen LogP contribution is 2.40. The van der Waals surface area contributed by atoms with Gasteiger partial charge in [0.2, 0.25) is 11.9 Å². The van der Waals surface area contributed by atoms with Crippen LogP contribution in [-0.4, -0.2) is 80.9 Å². The quantitative estimate of drug-likeness (QED) is 0.202. The zero-order chi connectivity index (χ0) is 33.0. The molecule has 3 heterocycles. The number of anilines is 4. The lowest BCUT2D eigenvalue weighted by Gasteiger charge is -2.26. The van der Waals surface area contributed by atoms with Crippen molar-refractivity contribution in [1.82, 2.24) is 19.4 Å². The Morgan fingerprint density at radius 1 is 1.11 bits per heavy atom. The summed E-state index contributed by atoms with van der Waals surface area (Å²) in [7, 11) is 6.28. The number of benzene rings is 2. The van der Waals surface area contributed by atoms with Gasteiger partial charge in [-0.1, -0.05) is 37.6 Å². The van der Waals surface area contributed by atoms with Gasteiger partial charge in [0, 0.05) is 67.9 Å². The van der Waals surface area contributed by atoms with E-state index in [4.69, 9.17) is 14.7 Å². The van der Waals surface area contributed by atoms with Crippen LogP contribution in [0.2, 0.25) is 0 Å². The fourth-order valence-electron chi connectivity index (χ4n) is 5.62. The number of sulfone groups is 1. The number of hydrogen-bond donors (Lipinski definition) is 2. The Hall–Kier alpha value is -4.42. The Kier molecular flexibility index (Phi) is 9.97. The molecule has 0 saturated heterocycles. The van der Waals surface area contributed by atoms with E-state index in [0.29, 0.717) is 46.4 Å². The lowest BCUT2D eigenvalue weighted by atomic mass is 10.0. The number of aryl methyl sites for hydroxylation is 2. The molecule has 2 aromatic heterocycles. The van der Waals surface area contributed by atoms with Gasteiger partial charge in [-0.05, 0) is 38.7 Å². The summed E-state index contributed by atoms with van der Waals surface area (Å²) < 4.78 is 33.4. The third kappa shape index (κ3) is 7.34. The van der Waals surface area contributed by atoms with Crippen molar-refractivity contribution < 1.29 is 17.9 Å². The number of nitrogens with zero attached hydrogens (tertiary/aromatic N) is 5. The van der Waals surface area contributed by atoms with Gasteiger partial charge in [0.1, 0.15) is 5.75 Å². The van der Waals surface area contributed by atoms with Crippen molar-refractivity contribution in [1.29, 1.82) is 0 Å². The van der Waals surface area contributed by atoms with E-state index in [1.165, 1.54) is 0 Å². The van der Waals surface area contributed by atoms with Crippen LogP contribution in [-0.2, 0) is 33.9 Å².